The molecular weight excluding hydrogens is 432 g/mol. The van der Waals surface area contributed by atoms with Gasteiger partial charge in [-0.1, -0.05) is 15.9 Å². The van der Waals surface area contributed by atoms with Gasteiger partial charge in [0.1, 0.15) is 23.4 Å². The van der Waals surface area contributed by atoms with Gasteiger partial charge >= 0.3 is 0 Å². The van der Waals surface area contributed by atoms with E-state index in [2.05, 4.69) is 50.0 Å². The maximum absolute atomic E-state index is 10.7. The summed E-state index contributed by atoms with van der Waals surface area (Å²) in [5, 5.41) is 10.7. The lowest BCUT2D eigenvalue weighted by Crippen LogP contribution is -2.31. The lowest BCUT2D eigenvalue weighted by atomic mass is 10.1. The van der Waals surface area contributed by atoms with E-state index in [9.17, 15) is 5.11 Å². The summed E-state index contributed by atoms with van der Waals surface area (Å²) in [6.07, 6.45) is -0.144. The molecule has 0 unspecified atom stereocenters. The molecule has 0 aliphatic carbocycles. The molecule has 0 bridgehead atoms. The van der Waals surface area contributed by atoms with Crippen molar-refractivity contribution in [1.82, 2.24) is 0 Å². The number of aromatic hydroxyl groups is 1. The highest BCUT2D eigenvalue weighted by atomic mass is 79.9. The standard InChI is InChI=1S/C23H23BrN2O3/c1-28-19-8-4-17(5-9-19)25-13-14-26(18-6-10-20(29-2)11-7-18)23(25)21-15-16(24)3-12-22(21)27/h3-12,15,23,27H,13-14H2,1-2H3. The lowest BCUT2D eigenvalue weighted by Gasteiger charge is -2.33. The van der Waals surface area contributed by atoms with Crippen LogP contribution in [-0.2, 0) is 0 Å². The zero-order chi connectivity index (χ0) is 20.4. The number of methoxy groups -OCH3 is 2. The Bertz CT molecular complexity index is 921. The van der Waals surface area contributed by atoms with Crippen molar-refractivity contribution >= 4 is 27.3 Å². The van der Waals surface area contributed by atoms with Crippen molar-refractivity contribution in [3.8, 4) is 17.2 Å². The van der Waals surface area contributed by atoms with Crippen LogP contribution in [0, 0.1) is 0 Å². The monoisotopic (exact) mass is 454 g/mol. The van der Waals surface area contributed by atoms with Gasteiger partial charge in [0.05, 0.1) is 14.2 Å². The van der Waals surface area contributed by atoms with Gasteiger partial charge in [-0.3, -0.25) is 0 Å². The molecule has 3 aromatic rings. The Morgan fingerprint density at radius 1 is 0.793 bits per heavy atom. The summed E-state index contributed by atoms with van der Waals surface area (Å²) < 4.78 is 11.5. The fourth-order valence-electron chi connectivity index (χ4n) is 3.78. The molecule has 0 atom stereocenters. The number of ether oxygens (including phenoxy) is 2. The van der Waals surface area contributed by atoms with Gasteiger partial charge in [0.15, 0.2) is 0 Å². The molecule has 1 N–H and O–H groups in total. The summed E-state index contributed by atoms with van der Waals surface area (Å²) in [5.74, 6) is 1.92. The van der Waals surface area contributed by atoms with Crippen LogP contribution in [0.2, 0.25) is 0 Å². The second-order valence-corrected chi connectivity index (χ2v) is 7.78. The van der Waals surface area contributed by atoms with Crippen LogP contribution in [0.5, 0.6) is 17.2 Å². The number of rotatable bonds is 5. The first-order valence-electron chi connectivity index (χ1n) is 9.40. The maximum atomic E-state index is 10.7. The topological polar surface area (TPSA) is 45.2 Å². The zero-order valence-electron chi connectivity index (χ0n) is 16.4. The average Bonchev–Trinajstić information content (AvgIpc) is 3.20. The van der Waals surface area contributed by atoms with Crippen LogP contribution in [0.25, 0.3) is 0 Å². The third-order valence-electron chi connectivity index (χ3n) is 5.25. The van der Waals surface area contributed by atoms with E-state index in [-0.39, 0.29) is 11.9 Å². The summed E-state index contributed by atoms with van der Waals surface area (Å²) in [7, 11) is 3.33. The fraction of sp³-hybridized carbons (Fsp3) is 0.217. The van der Waals surface area contributed by atoms with Crippen molar-refractivity contribution in [3.05, 3.63) is 76.8 Å². The molecular formula is C23H23BrN2O3. The summed E-state index contributed by atoms with van der Waals surface area (Å²) >= 11 is 3.55. The van der Waals surface area contributed by atoms with E-state index in [0.29, 0.717) is 0 Å². The van der Waals surface area contributed by atoms with Gasteiger partial charge in [0.2, 0.25) is 0 Å². The smallest absolute Gasteiger partial charge is 0.132 e. The molecule has 0 radical (unpaired) electrons. The number of hydrogen-bond donors (Lipinski definition) is 1. The largest absolute Gasteiger partial charge is 0.508 e. The molecule has 1 saturated heterocycles. The predicted molar refractivity (Wildman–Crippen MR) is 119 cm³/mol. The van der Waals surface area contributed by atoms with Crippen LogP contribution >= 0.6 is 15.9 Å². The third kappa shape index (κ3) is 3.85. The van der Waals surface area contributed by atoms with Crippen molar-refractivity contribution in [2.24, 2.45) is 0 Å². The zero-order valence-corrected chi connectivity index (χ0v) is 18.0. The summed E-state index contributed by atoms with van der Waals surface area (Å²) in [6.45, 7) is 1.66. The molecule has 1 fully saturated rings. The minimum Gasteiger partial charge on any atom is -0.508 e. The molecule has 1 aliphatic heterocycles. The number of phenols is 1. The average molecular weight is 455 g/mol. The summed E-state index contributed by atoms with van der Waals surface area (Å²) in [5.41, 5.74) is 3.00. The molecule has 150 valence electrons. The van der Waals surface area contributed by atoms with Gasteiger partial charge < -0.3 is 24.4 Å². The molecule has 0 saturated carbocycles. The van der Waals surface area contributed by atoms with Crippen molar-refractivity contribution in [3.63, 3.8) is 0 Å². The van der Waals surface area contributed by atoms with Gasteiger partial charge in [-0.2, -0.15) is 0 Å². The number of phenolic OH excluding ortho intramolecular Hbond substituents is 1. The molecule has 0 spiro atoms. The number of benzene rings is 3. The van der Waals surface area contributed by atoms with E-state index in [4.69, 9.17) is 9.47 Å². The van der Waals surface area contributed by atoms with Crippen LogP contribution in [0.3, 0.4) is 0 Å². The minimum atomic E-state index is -0.144. The normalized spacial score (nSPS) is 14.3. The van der Waals surface area contributed by atoms with Crippen molar-refractivity contribution in [1.29, 1.82) is 0 Å². The van der Waals surface area contributed by atoms with E-state index in [0.717, 1.165) is 46.0 Å². The molecule has 29 heavy (non-hydrogen) atoms. The highest BCUT2D eigenvalue weighted by Gasteiger charge is 2.35. The highest BCUT2D eigenvalue weighted by molar-refractivity contribution is 9.10. The van der Waals surface area contributed by atoms with Crippen molar-refractivity contribution < 1.29 is 14.6 Å². The first kappa shape index (κ1) is 19.5. The van der Waals surface area contributed by atoms with Crippen LogP contribution in [-0.4, -0.2) is 32.4 Å². The van der Waals surface area contributed by atoms with Crippen molar-refractivity contribution in [2.45, 2.75) is 6.17 Å². The Balaban J connectivity index is 1.77. The van der Waals surface area contributed by atoms with Crippen molar-refractivity contribution in [2.75, 3.05) is 37.1 Å². The molecule has 5 nitrogen and oxygen atoms in total. The molecule has 1 aliphatic rings. The second-order valence-electron chi connectivity index (χ2n) is 6.86. The van der Waals surface area contributed by atoms with Crippen LogP contribution in [0.15, 0.2) is 71.2 Å². The van der Waals surface area contributed by atoms with E-state index in [1.807, 2.05) is 36.4 Å². The second kappa shape index (κ2) is 8.25. The summed E-state index contributed by atoms with van der Waals surface area (Å²) in [4.78, 5) is 4.59. The molecule has 4 rings (SSSR count). The van der Waals surface area contributed by atoms with Gasteiger partial charge in [0, 0.05) is 34.5 Å². The van der Waals surface area contributed by atoms with Gasteiger partial charge in [-0.25, -0.2) is 0 Å². The Morgan fingerprint density at radius 2 is 1.28 bits per heavy atom. The Morgan fingerprint density at radius 3 is 1.72 bits per heavy atom. The molecule has 3 aromatic carbocycles. The fourth-order valence-corrected chi connectivity index (χ4v) is 4.16. The highest BCUT2D eigenvalue weighted by Crippen LogP contribution is 2.42. The Kier molecular flexibility index (Phi) is 5.53. The quantitative estimate of drug-likeness (QED) is 0.573. The Labute approximate surface area is 179 Å². The van der Waals surface area contributed by atoms with Crippen LogP contribution < -0.4 is 19.3 Å². The lowest BCUT2D eigenvalue weighted by molar-refractivity contribution is 0.414. The van der Waals surface area contributed by atoms with E-state index < -0.39 is 0 Å². The Hall–Kier alpha value is -2.86. The number of halogens is 1. The first-order valence-corrected chi connectivity index (χ1v) is 10.2. The van der Waals surface area contributed by atoms with Gasteiger partial charge in [-0.15, -0.1) is 0 Å². The number of nitrogens with zero attached hydrogens (tertiary/aromatic N) is 2. The maximum Gasteiger partial charge on any atom is 0.132 e. The van der Waals surface area contributed by atoms with E-state index >= 15 is 0 Å². The van der Waals surface area contributed by atoms with Gasteiger partial charge in [0.25, 0.3) is 0 Å². The third-order valence-corrected chi connectivity index (χ3v) is 5.74. The number of anilines is 2. The van der Waals surface area contributed by atoms with Gasteiger partial charge in [-0.05, 0) is 66.7 Å². The minimum absolute atomic E-state index is 0.144. The molecule has 1 heterocycles. The molecule has 6 heteroatoms. The van der Waals surface area contributed by atoms with E-state index in [1.165, 1.54) is 0 Å². The van der Waals surface area contributed by atoms with Crippen LogP contribution in [0.1, 0.15) is 11.7 Å². The van der Waals surface area contributed by atoms with E-state index in [1.54, 1.807) is 20.3 Å². The van der Waals surface area contributed by atoms with Crippen LogP contribution in [0.4, 0.5) is 11.4 Å². The SMILES string of the molecule is COc1ccc(N2CCN(c3ccc(OC)cc3)C2c2cc(Br)ccc2O)cc1. The number of hydrogen-bond acceptors (Lipinski definition) is 5. The summed E-state index contributed by atoms with van der Waals surface area (Å²) in [6, 6.07) is 21.6. The first-order chi connectivity index (χ1) is 14.1. The molecule has 0 amide bonds. The predicted octanol–water partition coefficient (Wildman–Crippen LogP) is 5.20. The molecule has 0 aromatic heterocycles.